The Hall–Kier alpha value is -3.90. The van der Waals surface area contributed by atoms with Crippen molar-refractivity contribution in [2.75, 3.05) is 20.3 Å². The zero-order chi connectivity index (χ0) is 23.9. The molecule has 0 bridgehead atoms. The van der Waals surface area contributed by atoms with E-state index in [0.29, 0.717) is 43.1 Å². The maximum Gasteiger partial charge on any atom is 0.295 e. The summed E-state index contributed by atoms with van der Waals surface area (Å²) in [6.45, 7) is 1.17. The third kappa shape index (κ3) is 5.02. The predicted octanol–water partition coefficient (Wildman–Crippen LogP) is 4.72. The molecule has 0 aliphatic carbocycles. The van der Waals surface area contributed by atoms with Crippen LogP contribution < -0.4 is 4.74 Å². The lowest BCUT2D eigenvalue weighted by Crippen LogP contribution is -2.31. The molecule has 4 rings (SSSR count). The van der Waals surface area contributed by atoms with Gasteiger partial charge >= 0.3 is 0 Å². The van der Waals surface area contributed by atoms with E-state index in [1.165, 1.54) is 4.90 Å². The van der Waals surface area contributed by atoms with Crippen LogP contribution >= 0.6 is 0 Å². The lowest BCUT2D eigenvalue weighted by atomic mass is 9.95. The number of ketones is 1. The quantitative estimate of drug-likeness (QED) is 0.218. The van der Waals surface area contributed by atoms with Gasteiger partial charge in [-0.3, -0.25) is 9.59 Å². The highest BCUT2D eigenvalue weighted by molar-refractivity contribution is 6.46. The molecule has 6 heteroatoms. The fourth-order valence-corrected chi connectivity index (χ4v) is 4.10. The van der Waals surface area contributed by atoms with E-state index in [0.717, 1.165) is 5.56 Å². The van der Waals surface area contributed by atoms with Crippen molar-refractivity contribution in [2.45, 2.75) is 19.1 Å². The molecule has 6 nitrogen and oxygen atoms in total. The maximum absolute atomic E-state index is 13.1. The zero-order valence-corrected chi connectivity index (χ0v) is 19.0. The summed E-state index contributed by atoms with van der Waals surface area (Å²) in [6.07, 6.45) is 0.565. The van der Waals surface area contributed by atoms with Gasteiger partial charge in [-0.1, -0.05) is 72.8 Å². The molecule has 1 aliphatic heterocycles. The molecule has 0 aromatic heterocycles. The molecule has 3 aromatic carbocycles. The van der Waals surface area contributed by atoms with Gasteiger partial charge in [-0.15, -0.1) is 0 Å². The molecule has 1 amide bonds. The normalized spacial score (nSPS) is 17.2. The number of likely N-dealkylation sites (tertiary alicyclic amines) is 1. The number of hydrogen-bond donors (Lipinski definition) is 1. The summed E-state index contributed by atoms with van der Waals surface area (Å²) in [4.78, 5) is 27.6. The molecule has 1 saturated heterocycles. The highest BCUT2D eigenvalue weighted by atomic mass is 16.5. The first-order chi connectivity index (χ1) is 16.6. The van der Waals surface area contributed by atoms with Gasteiger partial charge in [0, 0.05) is 25.8 Å². The SMILES string of the molecule is COCCCN1C(=O)C(=O)C(=C(O)c2ccccc2)C1c1cccc(OCc2ccccc2)c1. The lowest BCUT2D eigenvalue weighted by Gasteiger charge is -2.25. The summed E-state index contributed by atoms with van der Waals surface area (Å²) in [5.74, 6) is -0.897. The Morgan fingerprint density at radius 2 is 1.65 bits per heavy atom. The van der Waals surface area contributed by atoms with Crippen molar-refractivity contribution in [3.8, 4) is 5.75 Å². The molecule has 34 heavy (non-hydrogen) atoms. The van der Waals surface area contributed by atoms with Crippen LogP contribution in [0.5, 0.6) is 5.75 Å². The third-order valence-corrected chi connectivity index (χ3v) is 5.76. The monoisotopic (exact) mass is 457 g/mol. The zero-order valence-electron chi connectivity index (χ0n) is 19.0. The van der Waals surface area contributed by atoms with Crippen LogP contribution in [0.25, 0.3) is 5.76 Å². The smallest absolute Gasteiger partial charge is 0.295 e. The largest absolute Gasteiger partial charge is 0.507 e. The molecular weight excluding hydrogens is 430 g/mol. The second kappa shape index (κ2) is 10.8. The molecular formula is C28H27NO5. The van der Waals surface area contributed by atoms with Crippen LogP contribution in [0.2, 0.25) is 0 Å². The van der Waals surface area contributed by atoms with Crippen LogP contribution in [0.15, 0.2) is 90.5 Å². The summed E-state index contributed by atoms with van der Waals surface area (Å²) < 4.78 is 11.1. The standard InChI is InChI=1S/C28H27NO5/c1-33-17-9-16-29-25(24(27(31)28(29)32)26(30)21-12-6-3-7-13-21)22-14-8-15-23(18-22)34-19-20-10-4-2-5-11-20/h2-8,10-15,18,25,30H,9,16-17,19H2,1H3. The van der Waals surface area contributed by atoms with E-state index in [1.54, 1.807) is 31.4 Å². The lowest BCUT2D eigenvalue weighted by molar-refractivity contribution is -0.140. The van der Waals surface area contributed by atoms with Crippen molar-refractivity contribution in [3.05, 3.63) is 107 Å². The van der Waals surface area contributed by atoms with Gasteiger partial charge in [-0.2, -0.15) is 0 Å². The molecule has 1 atom stereocenters. The predicted molar refractivity (Wildman–Crippen MR) is 129 cm³/mol. The number of carbonyl (C=O) groups excluding carboxylic acids is 2. The minimum absolute atomic E-state index is 0.0776. The van der Waals surface area contributed by atoms with Gasteiger partial charge in [0.2, 0.25) is 0 Å². The Labute approximate surface area is 199 Å². The fraction of sp³-hybridized carbons (Fsp3) is 0.214. The molecule has 1 aliphatic rings. The second-order valence-electron chi connectivity index (χ2n) is 8.05. The van der Waals surface area contributed by atoms with Crippen molar-refractivity contribution in [3.63, 3.8) is 0 Å². The Kier molecular flexibility index (Phi) is 7.40. The number of hydrogen-bond acceptors (Lipinski definition) is 5. The van der Waals surface area contributed by atoms with Crippen molar-refractivity contribution < 1.29 is 24.2 Å². The van der Waals surface area contributed by atoms with Gasteiger partial charge in [-0.05, 0) is 29.7 Å². The molecule has 174 valence electrons. The molecule has 1 unspecified atom stereocenters. The first-order valence-electron chi connectivity index (χ1n) is 11.2. The van der Waals surface area contributed by atoms with Crippen LogP contribution in [0.1, 0.15) is 29.2 Å². The Bertz CT molecular complexity index is 1170. The van der Waals surface area contributed by atoms with Gasteiger partial charge in [0.25, 0.3) is 11.7 Å². The highest BCUT2D eigenvalue weighted by Crippen LogP contribution is 2.40. The first kappa shape index (κ1) is 23.3. The van der Waals surface area contributed by atoms with E-state index >= 15 is 0 Å². The minimum Gasteiger partial charge on any atom is -0.507 e. The average molecular weight is 458 g/mol. The minimum atomic E-state index is -0.725. The number of amides is 1. The van der Waals surface area contributed by atoms with Gasteiger partial charge in [0.1, 0.15) is 18.1 Å². The van der Waals surface area contributed by atoms with Gasteiger partial charge < -0.3 is 19.5 Å². The van der Waals surface area contributed by atoms with E-state index in [1.807, 2.05) is 60.7 Å². The summed E-state index contributed by atoms with van der Waals surface area (Å²) in [7, 11) is 1.59. The first-order valence-corrected chi connectivity index (χ1v) is 11.2. The topological polar surface area (TPSA) is 76.1 Å². The highest BCUT2D eigenvalue weighted by Gasteiger charge is 2.45. The van der Waals surface area contributed by atoms with Crippen LogP contribution in [0.3, 0.4) is 0 Å². The molecule has 1 heterocycles. The maximum atomic E-state index is 13.1. The Morgan fingerprint density at radius 1 is 0.941 bits per heavy atom. The molecule has 1 N–H and O–H groups in total. The summed E-state index contributed by atoms with van der Waals surface area (Å²) in [5, 5.41) is 11.1. The van der Waals surface area contributed by atoms with E-state index in [4.69, 9.17) is 9.47 Å². The Balaban J connectivity index is 1.71. The molecule has 0 spiro atoms. The molecule has 0 radical (unpaired) electrons. The molecule has 3 aromatic rings. The number of Topliss-reactive ketones (excluding diaryl/α,β-unsaturated/α-hetero) is 1. The number of aliphatic hydroxyl groups excluding tert-OH is 1. The van der Waals surface area contributed by atoms with Crippen LogP contribution in [-0.4, -0.2) is 42.0 Å². The van der Waals surface area contributed by atoms with Crippen molar-refractivity contribution in [2.24, 2.45) is 0 Å². The number of benzene rings is 3. The van der Waals surface area contributed by atoms with Gasteiger partial charge in [0.05, 0.1) is 11.6 Å². The van der Waals surface area contributed by atoms with E-state index in [-0.39, 0.29) is 11.3 Å². The molecule has 1 fully saturated rings. The van der Waals surface area contributed by atoms with Crippen molar-refractivity contribution in [1.82, 2.24) is 4.90 Å². The van der Waals surface area contributed by atoms with E-state index < -0.39 is 17.7 Å². The molecule has 0 saturated carbocycles. The number of ether oxygens (including phenoxy) is 2. The Morgan fingerprint density at radius 3 is 2.35 bits per heavy atom. The number of nitrogens with zero attached hydrogens (tertiary/aromatic N) is 1. The number of rotatable bonds is 9. The summed E-state index contributed by atoms with van der Waals surface area (Å²) >= 11 is 0. The van der Waals surface area contributed by atoms with E-state index in [9.17, 15) is 14.7 Å². The van der Waals surface area contributed by atoms with Crippen LogP contribution in [0, 0.1) is 0 Å². The van der Waals surface area contributed by atoms with Gasteiger partial charge in [-0.25, -0.2) is 0 Å². The number of carbonyl (C=O) groups is 2. The van der Waals surface area contributed by atoms with Crippen LogP contribution in [0.4, 0.5) is 0 Å². The number of methoxy groups -OCH3 is 1. The fourth-order valence-electron chi connectivity index (χ4n) is 4.10. The summed E-state index contributed by atoms with van der Waals surface area (Å²) in [6, 6.07) is 25.2. The van der Waals surface area contributed by atoms with Crippen LogP contribution in [-0.2, 0) is 20.9 Å². The van der Waals surface area contributed by atoms with Gasteiger partial charge in [0.15, 0.2) is 0 Å². The third-order valence-electron chi connectivity index (χ3n) is 5.76. The second-order valence-corrected chi connectivity index (χ2v) is 8.05. The number of aliphatic hydroxyl groups is 1. The van der Waals surface area contributed by atoms with Crippen molar-refractivity contribution in [1.29, 1.82) is 0 Å². The average Bonchev–Trinajstić information content (AvgIpc) is 3.13. The van der Waals surface area contributed by atoms with Crippen molar-refractivity contribution >= 4 is 17.4 Å². The van der Waals surface area contributed by atoms with E-state index in [2.05, 4.69) is 0 Å². The summed E-state index contributed by atoms with van der Waals surface area (Å²) in [5.41, 5.74) is 2.29.